The summed E-state index contributed by atoms with van der Waals surface area (Å²) in [5.74, 6) is -1.42. The van der Waals surface area contributed by atoms with Gasteiger partial charge in [-0.15, -0.1) is 0 Å². The van der Waals surface area contributed by atoms with E-state index in [1.807, 2.05) is 0 Å². The molecule has 8 heteroatoms. The summed E-state index contributed by atoms with van der Waals surface area (Å²) in [6.07, 6.45) is 1.27. The number of hydrogen-bond donors (Lipinski definition) is 0. The molecule has 120 valence electrons. The highest BCUT2D eigenvalue weighted by atomic mass is 32.2. The molecule has 0 saturated carbocycles. The van der Waals surface area contributed by atoms with Crippen LogP contribution in [0.3, 0.4) is 0 Å². The summed E-state index contributed by atoms with van der Waals surface area (Å²) in [5.41, 5.74) is -0.136. The van der Waals surface area contributed by atoms with Gasteiger partial charge in [0.25, 0.3) is 16.8 Å². The van der Waals surface area contributed by atoms with Gasteiger partial charge >= 0.3 is 0 Å². The molecule has 2 aromatic rings. The van der Waals surface area contributed by atoms with Crippen molar-refractivity contribution in [1.82, 2.24) is 0 Å². The number of carbonyl (C=O) groups is 2. The Morgan fingerprint density at radius 2 is 1.75 bits per heavy atom. The minimum Gasteiger partial charge on any atom is -0.268 e. The average Bonchev–Trinajstić information content (AvgIpc) is 2.82. The molecule has 1 aliphatic rings. The Bertz CT molecular complexity index is 897. The second-order valence-electron chi connectivity index (χ2n) is 4.78. The number of amides is 2. The SMILES string of the molecule is O=C1S/C(=C\c2ccccc2[N+](=O)[O-])C(=O)N1c1ccccc1F. The number of rotatable bonds is 3. The number of nitrogens with zero attached hydrogens (tertiary/aromatic N) is 2. The fraction of sp³-hybridized carbons (Fsp3) is 0. The van der Waals surface area contributed by atoms with Crippen LogP contribution in [0.15, 0.2) is 53.4 Å². The molecule has 0 N–H and O–H groups in total. The number of nitro groups is 1. The molecule has 6 nitrogen and oxygen atoms in total. The molecule has 0 spiro atoms. The number of thioether (sulfide) groups is 1. The summed E-state index contributed by atoms with van der Waals surface area (Å²) >= 11 is 0.610. The highest BCUT2D eigenvalue weighted by Crippen LogP contribution is 2.37. The number of benzene rings is 2. The standard InChI is InChI=1S/C16H9FN2O4S/c17-11-6-2-4-8-13(11)18-15(20)14(24-16(18)21)9-10-5-1-3-7-12(10)19(22)23/h1-9H/b14-9-. The summed E-state index contributed by atoms with van der Waals surface area (Å²) in [7, 11) is 0. The molecule has 0 radical (unpaired) electrons. The van der Waals surface area contributed by atoms with E-state index >= 15 is 0 Å². The molecule has 0 aliphatic carbocycles. The normalized spacial score (nSPS) is 16.0. The van der Waals surface area contributed by atoms with Crippen molar-refractivity contribution in [2.75, 3.05) is 4.90 Å². The Kier molecular flexibility index (Phi) is 4.13. The van der Waals surface area contributed by atoms with E-state index in [1.165, 1.54) is 42.5 Å². The first-order chi connectivity index (χ1) is 11.5. The van der Waals surface area contributed by atoms with Gasteiger partial charge in [0.1, 0.15) is 5.82 Å². The van der Waals surface area contributed by atoms with Gasteiger partial charge in [-0.05, 0) is 36.0 Å². The Morgan fingerprint density at radius 3 is 2.46 bits per heavy atom. The van der Waals surface area contributed by atoms with Crippen molar-refractivity contribution in [1.29, 1.82) is 0 Å². The van der Waals surface area contributed by atoms with Crippen LogP contribution in [0.1, 0.15) is 5.56 Å². The van der Waals surface area contributed by atoms with E-state index in [0.29, 0.717) is 11.8 Å². The van der Waals surface area contributed by atoms with Crippen molar-refractivity contribution in [3.05, 3.63) is 74.9 Å². The smallest absolute Gasteiger partial charge is 0.268 e. The molecule has 24 heavy (non-hydrogen) atoms. The van der Waals surface area contributed by atoms with Crippen molar-refractivity contribution >= 4 is 40.4 Å². The van der Waals surface area contributed by atoms with Gasteiger partial charge in [0, 0.05) is 6.07 Å². The van der Waals surface area contributed by atoms with E-state index < -0.39 is 21.9 Å². The summed E-state index contributed by atoms with van der Waals surface area (Å²) < 4.78 is 13.8. The minimum atomic E-state index is -0.715. The summed E-state index contributed by atoms with van der Waals surface area (Å²) in [4.78, 5) is 35.7. The van der Waals surface area contributed by atoms with Crippen molar-refractivity contribution in [3.8, 4) is 0 Å². The third kappa shape index (κ3) is 2.79. The molecule has 0 atom stereocenters. The minimum absolute atomic E-state index is 0.00227. The van der Waals surface area contributed by atoms with E-state index in [0.717, 1.165) is 11.0 Å². The fourth-order valence-corrected chi connectivity index (χ4v) is 3.05. The highest BCUT2D eigenvalue weighted by Gasteiger charge is 2.37. The van der Waals surface area contributed by atoms with Crippen LogP contribution < -0.4 is 4.90 Å². The molecular formula is C16H9FN2O4S. The number of carbonyl (C=O) groups excluding carboxylic acids is 2. The first-order valence-corrected chi connectivity index (χ1v) is 7.56. The van der Waals surface area contributed by atoms with E-state index in [2.05, 4.69) is 0 Å². The lowest BCUT2D eigenvalue weighted by molar-refractivity contribution is -0.385. The zero-order valence-corrected chi connectivity index (χ0v) is 12.8. The van der Waals surface area contributed by atoms with Crippen molar-refractivity contribution in [2.45, 2.75) is 0 Å². The number of imide groups is 1. The lowest BCUT2D eigenvalue weighted by atomic mass is 10.1. The molecule has 2 aromatic carbocycles. The maximum absolute atomic E-state index is 13.8. The van der Waals surface area contributed by atoms with Crippen molar-refractivity contribution in [2.24, 2.45) is 0 Å². The van der Waals surface area contributed by atoms with E-state index in [9.17, 15) is 24.1 Å². The predicted octanol–water partition coefficient (Wildman–Crippen LogP) is 3.97. The molecule has 0 bridgehead atoms. The second kappa shape index (κ2) is 6.25. The van der Waals surface area contributed by atoms with Crippen LogP contribution in [0.4, 0.5) is 20.6 Å². The third-order valence-electron chi connectivity index (χ3n) is 3.31. The molecule has 1 heterocycles. The monoisotopic (exact) mass is 344 g/mol. The lowest BCUT2D eigenvalue weighted by Gasteiger charge is -2.12. The highest BCUT2D eigenvalue weighted by molar-refractivity contribution is 8.19. The Hall–Kier alpha value is -3.00. The van der Waals surface area contributed by atoms with Crippen LogP contribution in [0.5, 0.6) is 0 Å². The van der Waals surface area contributed by atoms with Crippen LogP contribution in [0, 0.1) is 15.9 Å². The number of para-hydroxylation sites is 2. The van der Waals surface area contributed by atoms with Crippen LogP contribution >= 0.6 is 11.8 Å². The Labute approximate surface area is 139 Å². The number of nitro benzene ring substituents is 1. The summed E-state index contributed by atoms with van der Waals surface area (Å²) in [6.45, 7) is 0. The Balaban J connectivity index is 2.01. The molecule has 3 rings (SSSR count). The van der Waals surface area contributed by atoms with E-state index in [4.69, 9.17) is 0 Å². The van der Waals surface area contributed by atoms with Crippen molar-refractivity contribution in [3.63, 3.8) is 0 Å². The van der Waals surface area contributed by atoms with Crippen LogP contribution in [0.2, 0.25) is 0 Å². The molecule has 2 amide bonds. The third-order valence-corrected chi connectivity index (χ3v) is 4.18. The number of anilines is 1. The van der Waals surface area contributed by atoms with Gasteiger partial charge in [-0.2, -0.15) is 0 Å². The summed E-state index contributed by atoms with van der Waals surface area (Å²) in [6, 6.07) is 11.3. The van der Waals surface area contributed by atoms with Gasteiger partial charge in [-0.25, -0.2) is 9.29 Å². The van der Waals surface area contributed by atoms with Gasteiger partial charge in [-0.3, -0.25) is 19.7 Å². The number of hydrogen-bond acceptors (Lipinski definition) is 5. The molecular weight excluding hydrogens is 335 g/mol. The van der Waals surface area contributed by atoms with Gasteiger partial charge in [0.15, 0.2) is 0 Å². The van der Waals surface area contributed by atoms with Gasteiger partial charge in [0.2, 0.25) is 0 Å². The van der Waals surface area contributed by atoms with Gasteiger partial charge < -0.3 is 0 Å². The number of halogens is 1. The zero-order chi connectivity index (χ0) is 17.3. The molecule has 1 saturated heterocycles. The fourth-order valence-electron chi connectivity index (χ4n) is 2.23. The molecule has 1 aliphatic heterocycles. The topological polar surface area (TPSA) is 80.5 Å². The lowest BCUT2D eigenvalue weighted by Crippen LogP contribution is -2.28. The predicted molar refractivity (Wildman–Crippen MR) is 87.9 cm³/mol. The Morgan fingerprint density at radius 1 is 1.08 bits per heavy atom. The molecule has 0 unspecified atom stereocenters. The largest absolute Gasteiger partial charge is 0.298 e. The quantitative estimate of drug-likeness (QED) is 0.478. The average molecular weight is 344 g/mol. The summed E-state index contributed by atoms with van der Waals surface area (Å²) in [5, 5.41) is 10.4. The maximum Gasteiger partial charge on any atom is 0.298 e. The maximum atomic E-state index is 13.8. The van der Waals surface area contributed by atoms with Crippen LogP contribution in [-0.2, 0) is 4.79 Å². The first-order valence-electron chi connectivity index (χ1n) is 6.75. The van der Waals surface area contributed by atoms with E-state index in [-0.39, 0.29) is 21.8 Å². The molecule has 0 aromatic heterocycles. The second-order valence-corrected chi connectivity index (χ2v) is 5.78. The van der Waals surface area contributed by atoms with Crippen LogP contribution in [0.25, 0.3) is 6.08 Å². The first kappa shape index (κ1) is 15.9. The van der Waals surface area contributed by atoms with E-state index in [1.54, 1.807) is 6.07 Å². The van der Waals surface area contributed by atoms with Gasteiger partial charge in [0.05, 0.1) is 21.1 Å². The van der Waals surface area contributed by atoms with Crippen LogP contribution in [-0.4, -0.2) is 16.1 Å². The van der Waals surface area contributed by atoms with Gasteiger partial charge in [-0.1, -0.05) is 24.3 Å². The molecule has 1 fully saturated rings. The van der Waals surface area contributed by atoms with Crippen molar-refractivity contribution < 1.29 is 18.9 Å². The zero-order valence-electron chi connectivity index (χ0n) is 12.0.